The van der Waals surface area contributed by atoms with Gasteiger partial charge in [-0.1, -0.05) is 6.07 Å². The quantitative estimate of drug-likeness (QED) is 0.887. The lowest BCUT2D eigenvalue weighted by Crippen LogP contribution is -2.26. The molecule has 1 aliphatic heterocycles. The molecule has 2 aromatic heterocycles. The van der Waals surface area contributed by atoms with Gasteiger partial charge in [-0.25, -0.2) is 4.98 Å². The summed E-state index contributed by atoms with van der Waals surface area (Å²) in [6.45, 7) is 0.545. The molecular formula is C12H12N2O2S. The molecule has 3 rings (SSSR count). The smallest absolute Gasteiger partial charge is 0.308 e. The van der Waals surface area contributed by atoms with Gasteiger partial charge in [0.15, 0.2) is 0 Å². The van der Waals surface area contributed by atoms with Crippen molar-refractivity contribution >= 4 is 17.3 Å². The highest BCUT2D eigenvalue weighted by molar-refractivity contribution is 7.13. The van der Waals surface area contributed by atoms with Crippen molar-refractivity contribution in [2.75, 3.05) is 0 Å². The van der Waals surface area contributed by atoms with Gasteiger partial charge in [0.1, 0.15) is 5.69 Å². The molecular weight excluding hydrogens is 236 g/mol. The van der Waals surface area contributed by atoms with E-state index in [4.69, 9.17) is 5.11 Å². The fraction of sp³-hybridized carbons (Fsp3) is 0.333. The van der Waals surface area contributed by atoms with E-state index in [-0.39, 0.29) is 5.92 Å². The van der Waals surface area contributed by atoms with Crippen LogP contribution < -0.4 is 0 Å². The second kappa shape index (κ2) is 4.00. The summed E-state index contributed by atoms with van der Waals surface area (Å²) in [5.41, 5.74) is 2.19. The molecule has 1 atom stereocenters. The Balaban J connectivity index is 1.95. The standard InChI is InChI=1S/C12H12N2O2S/c15-12(16)8-3-4-9-11(10-2-1-5-17-10)13-7-14(9)6-8/h1-2,5,7-8H,3-4,6H2,(H,15,16). The van der Waals surface area contributed by atoms with Crippen LogP contribution in [0.4, 0.5) is 0 Å². The van der Waals surface area contributed by atoms with E-state index in [0.717, 1.165) is 17.0 Å². The molecule has 0 amide bonds. The minimum atomic E-state index is -0.706. The van der Waals surface area contributed by atoms with Crippen molar-refractivity contribution in [3.05, 3.63) is 29.5 Å². The molecule has 1 unspecified atom stereocenters. The molecule has 0 radical (unpaired) electrons. The Bertz CT molecular complexity index is 545. The van der Waals surface area contributed by atoms with E-state index >= 15 is 0 Å². The van der Waals surface area contributed by atoms with E-state index in [1.54, 1.807) is 17.7 Å². The Morgan fingerprint density at radius 1 is 1.59 bits per heavy atom. The summed E-state index contributed by atoms with van der Waals surface area (Å²) in [5.74, 6) is -0.977. The van der Waals surface area contributed by atoms with Gasteiger partial charge in [-0.2, -0.15) is 0 Å². The van der Waals surface area contributed by atoms with E-state index in [2.05, 4.69) is 11.1 Å². The van der Waals surface area contributed by atoms with Gasteiger partial charge in [0.25, 0.3) is 0 Å². The van der Waals surface area contributed by atoms with Crippen LogP contribution in [0.15, 0.2) is 23.8 Å². The van der Waals surface area contributed by atoms with Crippen molar-refractivity contribution in [1.82, 2.24) is 9.55 Å². The number of aromatic nitrogens is 2. The van der Waals surface area contributed by atoms with Crippen molar-refractivity contribution in [3.8, 4) is 10.6 Å². The van der Waals surface area contributed by atoms with Gasteiger partial charge in [0, 0.05) is 12.2 Å². The Kier molecular flexibility index (Phi) is 2.48. The number of rotatable bonds is 2. The molecule has 0 saturated heterocycles. The van der Waals surface area contributed by atoms with Crippen LogP contribution in [0.2, 0.25) is 0 Å². The largest absolute Gasteiger partial charge is 0.481 e. The lowest BCUT2D eigenvalue weighted by molar-refractivity contribution is -0.142. The summed E-state index contributed by atoms with van der Waals surface area (Å²) in [6.07, 6.45) is 3.27. The molecule has 88 valence electrons. The third-order valence-electron chi connectivity index (χ3n) is 3.20. The first kappa shape index (κ1) is 10.5. The highest BCUT2D eigenvalue weighted by atomic mass is 32.1. The van der Waals surface area contributed by atoms with Gasteiger partial charge in [0.2, 0.25) is 0 Å². The number of carboxylic acid groups (broad SMARTS) is 1. The maximum atomic E-state index is 11.0. The first-order valence-electron chi connectivity index (χ1n) is 5.56. The number of fused-ring (bicyclic) bond motifs is 1. The zero-order chi connectivity index (χ0) is 11.8. The van der Waals surface area contributed by atoms with Crippen LogP contribution in [0, 0.1) is 5.92 Å². The predicted octanol–water partition coefficient (Wildman–Crippen LogP) is 2.26. The lowest BCUT2D eigenvalue weighted by atomic mass is 9.97. The first-order chi connectivity index (χ1) is 8.25. The Morgan fingerprint density at radius 3 is 3.18 bits per heavy atom. The number of thiophene rings is 1. The number of hydrogen-bond acceptors (Lipinski definition) is 3. The van der Waals surface area contributed by atoms with E-state index < -0.39 is 5.97 Å². The van der Waals surface area contributed by atoms with Crippen LogP contribution in [0.3, 0.4) is 0 Å². The van der Waals surface area contributed by atoms with E-state index in [1.807, 2.05) is 16.0 Å². The maximum absolute atomic E-state index is 11.0. The molecule has 1 aliphatic rings. The summed E-state index contributed by atoms with van der Waals surface area (Å²) < 4.78 is 1.98. The Morgan fingerprint density at radius 2 is 2.47 bits per heavy atom. The topological polar surface area (TPSA) is 55.1 Å². The molecule has 2 aromatic rings. The zero-order valence-electron chi connectivity index (χ0n) is 9.17. The summed E-state index contributed by atoms with van der Waals surface area (Å²) >= 11 is 1.67. The molecule has 4 nitrogen and oxygen atoms in total. The molecule has 3 heterocycles. The molecule has 0 bridgehead atoms. The van der Waals surface area contributed by atoms with E-state index in [1.165, 1.54) is 5.69 Å². The SMILES string of the molecule is O=C(O)C1CCc2c(-c3cccs3)ncn2C1. The van der Waals surface area contributed by atoms with Crippen molar-refractivity contribution in [2.45, 2.75) is 19.4 Å². The van der Waals surface area contributed by atoms with Crippen LogP contribution in [0.5, 0.6) is 0 Å². The number of carboxylic acids is 1. The number of nitrogens with zero attached hydrogens (tertiary/aromatic N) is 2. The lowest BCUT2D eigenvalue weighted by Gasteiger charge is -2.21. The predicted molar refractivity (Wildman–Crippen MR) is 65.0 cm³/mol. The first-order valence-corrected chi connectivity index (χ1v) is 6.44. The summed E-state index contributed by atoms with van der Waals surface area (Å²) in [5, 5.41) is 11.1. The van der Waals surface area contributed by atoms with E-state index in [9.17, 15) is 4.79 Å². The molecule has 0 saturated carbocycles. The third kappa shape index (κ3) is 1.76. The third-order valence-corrected chi connectivity index (χ3v) is 4.07. The molecule has 0 aliphatic carbocycles. The Hall–Kier alpha value is -1.62. The molecule has 1 N–H and O–H groups in total. The second-order valence-corrected chi connectivity index (χ2v) is 5.19. The van der Waals surface area contributed by atoms with Crippen molar-refractivity contribution in [3.63, 3.8) is 0 Å². The van der Waals surface area contributed by atoms with E-state index in [0.29, 0.717) is 13.0 Å². The summed E-state index contributed by atoms with van der Waals surface area (Å²) in [7, 11) is 0. The van der Waals surface area contributed by atoms with Crippen LogP contribution >= 0.6 is 11.3 Å². The fourth-order valence-corrected chi connectivity index (χ4v) is 3.03. The van der Waals surface area contributed by atoms with Gasteiger partial charge < -0.3 is 9.67 Å². The van der Waals surface area contributed by atoms with Crippen LogP contribution in [0.25, 0.3) is 10.6 Å². The van der Waals surface area contributed by atoms with Gasteiger partial charge in [-0.05, 0) is 24.3 Å². The number of aliphatic carboxylic acids is 1. The maximum Gasteiger partial charge on any atom is 0.308 e. The average molecular weight is 248 g/mol. The molecule has 0 fully saturated rings. The van der Waals surface area contributed by atoms with Gasteiger partial charge in [0.05, 0.1) is 17.1 Å². The molecule has 0 aromatic carbocycles. The van der Waals surface area contributed by atoms with Gasteiger partial charge in [-0.3, -0.25) is 4.79 Å². The minimum Gasteiger partial charge on any atom is -0.481 e. The highest BCUT2D eigenvalue weighted by Gasteiger charge is 2.26. The normalized spacial score (nSPS) is 18.9. The van der Waals surface area contributed by atoms with Crippen molar-refractivity contribution in [1.29, 1.82) is 0 Å². The van der Waals surface area contributed by atoms with Gasteiger partial charge in [-0.15, -0.1) is 11.3 Å². The number of carbonyl (C=O) groups is 1. The van der Waals surface area contributed by atoms with Crippen LogP contribution in [-0.2, 0) is 17.8 Å². The van der Waals surface area contributed by atoms with Crippen molar-refractivity contribution in [2.24, 2.45) is 5.92 Å². The van der Waals surface area contributed by atoms with Crippen LogP contribution in [0.1, 0.15) is 12.1 Å². The van der Waals surface area contributed by atoms with Gasteiger partial charge >= 0.3 is 5.97 Å². The van der Waals surface area contributed by atoms with Crippen molar-refractivity contribution < 1.29 is 9.90 Å². The molecule has 0 spiro atoms. The average Bonchev–Trinajstić information content (AvgIpc) is 2.96. The summed E-state index contributed by atoms with van der Waals surface area (Å²) in [4.78, 5) is 16.5. The molecule has 5 heteroatoms. The van der Waals surface area contributed by atoms with Crippen LogP contribution in [-0.4, -0.2) is 20.6 Å². The zero-order valence-corrected chi connectivity index (χ0v) is 9.98. The number of imidazole rings is 1. The second-order valence-electron chi connectivity index (χ2n) is 4.24. The highest BCUT2D eigenvalue weighted by Crippen LogP contribution is 2.31. The molecule has 17 heavy (non-hydrogen) atoms. The number of hydrogen-bond donors (Lipinski definition) is 1. The summed E-state index contributed by atoms with van der Waals surface area (Å²) in [6, 6.07) is 4.06. The monoisotopic (exact) mass is 248 g/mol. The Labute approximate surface area is 103 Å². The minimum absolute atomic E-state index is 0.270. The fourth-order valence-electron chi connectivity index (χ4n) is 2.29.